The van der Waals surface area contributed by atoms with Crippen LogP contribution >= 0.6 is 11.3 Å². The van der Waals surface area contributed by atoms with Gasteiger partial charge in [-0.1, -0.05) is 48.5 Å². The minimum absolute atomic E-state index is 0.0538. The Balaban J connectivity index is 1.63. The second-order valence-electron chi connectivity index (χ2n) is 5.89. The molecule has 4 nitrogen and oxygen atoms in total. The average Bonchev–Trinajstić information content (AvgIpc) is 3.04. The maximum Gasteiger partial charge on any atom is 0.261 e. The molecule has 126 valence electrons. The van der Waals surface area contributed by atoms with Gasteiger partial charge in [-0.2, -0.15) is 0 Å². The summed E-state index contributed by atoms with van der Waals surface area (Å²) in [5.41, 5.74) is 2.41. The summed E-state index contributed by atoms with van der Waals surface area (Å²) in [4.78, 5) is 14.2. The van der Waals surface area contributed by atoms with Gasteiger partial charge in [0.2, 0.25) is 0 Å². The van der Waals surface area contributed by atoms with Crippen LogP contribution in [0.25, 0.3) is 10.4 Å². The molecule has 2 aromatic carbocycles. The highest BCUT2D eigenvalue weighted by molar-refractivity contribution is 7.91. The Labute approximate surface area is 150 Å². The summed E-state index contributed by atoms with van der Waals surface area (Å²) in [6.07, 6.45) is 0. The van der Waals surface area contributed by atoms with E-state index in [1.807, 2.05) is 36.4 Å². The fourth-order valence-corrected chi connectivity index (χ4v) is 5.82. The largest absolute Gasteiger partial charge is 0.347 e. The first-order valence-corrected chi connectivity index (χ1v) is 10.3. The Morgan fingerprint density at radius 1 is 1.04 bits per heavy atom. The van der Waals surface area contributed by atoms with Crippen molar-refractivity contribution < 1.29 is 13.2 Å². The van der Waals surface area contributed by atoms with Crippen LogP contribution in [0.5, 0.6) is 0 Å². The van der Waals surface area contributed by atoms with Gasteiger partial charge in [0.1, 0.15) is 0 Å². The van der Waals surface area contributed by atoms with Gasteiger partial charge < -0.3 is 5.32 Å². The molecule has 0 unspecified atom stereocenters. The third-order valence-corrected chi connectivity index (χ3v) is 7.07. The second kappa shape index (κ2) is 6.13. The quantitative estimate of drug-likeness (QED) is 0.767. The summed E-state index contributed by atoms with van der Waals surface area (Å²) in [6.45, 7) is 0.442. The Morgan fingerprint density at radius 3 is 2.56 bits per heavy atom. The molecule has 3 aromatic rings. The lowest BCUT2D eigenvalue weighted by Gasteiger charge is -2.15. The molecule has 4 rings (SSSR count). The van der Waals surface area contributed by atoms with Crippen molar-refractivity contribution in [3.8, 4) is 10.4 Å². The molecule has 6 heteroatoms. The van der Waals surface area contributed by atoms with Crippen molar-refractivity contribution >= 4 is 27.1 Å². The van der Waals surface area contributed by atoms with Gasteiger partial charge in [-0.3, -0.25) is 4.79 Å². The second-order valence-corrected chi connectivity index (χ2v) is 8.90. The lowest BCUT2D eigenvalue weighted by molar-refractivity contribution is 0.0955. The van der Waals surface area contributed by atoms with Crippen LogP contribution < -0.4 is 5.32 Å². The number of nitrogens with one attached hydrogen (secondary N) is 1. The molecule has 1 amide bonds. The lowest BCUT2D eigenvalue weighted by atomic mass is 10.1. The monoisotopic (exact) mass is 369 g/mol. The van der Waals surface area contributed by atoms with E-state index in [0.29, 0.717) is 27.4 Å². The van der Waals surface area contributed by atoms with Crippen LogP contribution in [0.4, 0.5) is 0 Å². The van der Waals surface area contributed by atoms with Crippen LogP contribution in [0.3, 0.4) is 0 Å². The first-order valence-electron chi connectivity index (χ1n) is 7.81. The predicted octanol–water partition coefficient (Wildman–Crippen LogP) is 3.63. The maximum absolute atomic E-state index is 12.5. The van der Waals surface area contributed by atoms with E-state index < -0.39 is 9.84 Å². The van der Waals surface area contributed by atoms with Crippen LogP contribution in [-0.4, -0.2) is 14.3 Å². The predicted molar refractivity (Wildman–Crippen MR) is 98.3 cm³/mol. The number of thiophene rings is 1. The number of hydrogen-bond acceptors (Lipinski definition) is 4. The van der Waals surface area contributed by atoms with E-state index in [1.165, 1.54) is 11.3 Å². The third-order valence-electron chi connectivity index (χ3n) is 4.14. The molecule has 1 aromatic heterocycles. The van der Waals surface area contributed by atoms with E-state index >= 15 is 0 Å². The number of hydrogen-bond donors (Lipinski definition) is 1. The molecule has 1 aliphatic heterocycles. The topological polar surface area (TPSA) is 63.2 Å². The maximum atomic E-state index is 12.5. The number of carbonyl (C=O) groups is 1. The van der Waals surface area contributed by atoms with E-state index in [1.54, 1.807) is 24.3 Å². The molecule has 1 aliphatic rings. The highest BCUT2D eigenvalue weighted by atomic mass is 32.2. The smallest absolute Gasteiger partial charge is 0.261 e. The van der Waals surface area contributed by atoms with Gasteiger partial charge in [-0.25, -0.2) is 8.42 Å². The van der Waals surface area contributed by atoms with Crippen LogP contribution in [0.15, 0.2) is 65.6 Å². The van der Waals surface area contributed by atoms with Gasteiger partial charge in [0.25, 0.3) is 5.91 Å². The summed E-state index contributed by atoms with van der Waals surface area (Å²) in [5, 5.41) is 2.89. The molecule has 0 saturated carbocycles. The van der Waals surface area contributed by atoms with E-state index in [9.17, 15) is 13.2 Å². The molecule has 0 aliphatic carbocycles. The summed E-state index contributed by atoms with van der Waals surface area (Å²) < 4.78 is 24.9. The van der Waals surface area contributed by atoms with Crippen LogP contribution in [0.2, 0.25) is 0 Å². The van der Waals surface area contributed by atoms with Crippen molar-refractivity contribution in [2.24, 2.45) is 0 Å². The minimum atomic E-state index is -3.35. The summed E-state index contributed by atoms with van der Waals surface area (Å²) in [7, 11) is -3.35. The van der Waals surface area contributed by atoms with Crippen molar-refractivity contribution in [3.05, 3.63) is 76.7 Å². The van der Waals surface area contributed by atoms with E-state index in [0.717, 1.165) is 10.4 Å². The van der Waals surface area contributed by atoms with Crippen molar-refractivity contribution in [2.45, 2.75) is 17.2 Å². The molecule has 0 fully saturated rings. The normalized spacial score (nSPS) is 14.4. The molecular weight excluding hydrogens is 354 g/mol. The van der Waals surface area contributed by atoms with Gasteiger partial charge in [0.15, 0.2) is 9.84 Å². The molecule has 25 heavy (non-hydrogen) atoms. The summed E-state index contributed by atoms with van der Waals surface area (Å²) in [6, 6.07) is 18.3. The van der Waals surface area contributed by atoms with Gasteiger partial charge in [0.05, 0.1) is 15.5 Å². The molecular formula is C19H15NO3S2. The molecule has 1 N–H and O–H groups in total. The van der Waals surface area contributed by atoms with E-state index in [4.69, 9.17) is 0 Å². The van der Waals surface area contributed by atoms with Crippen molar-refractivity contribution in [2.75, 3.05) is 0 Å². The number of sulfone groups is 1. The fraction of sp³-hybridized carbons (Fsp3) is 0.105. The first-order chi connectivity index (χ1) is 12.0. The van der Waals surface area contributed by atoms with Crippen molar-refractivity contribution in [1.82, 2.24) is 5.32 Å². The Hall–Kier alpha value is -2.44. The van der Waals surface area contributed by atoms with Crippen LogP contribution in [0.1, 0.15) is 20.8 Å². The van der Waals surface area contributed by atoms with Crippen LogP contribution in [0, 0.1) is 0 Å². The van der Waals surface area contributed by atoms with E-state index in [2.05, 4.69) is 5.32 Å². The number of rotatable bonds is 3. The lowest BCUT2D eigenvalue weighted by Crippen LogP contribution is -2.21. The molecule has 2 heterocycles. The zero-order valence-electron chi connectivity index (χ0n) is 13.2. The average molecular weight is 369 g/mol. The molecule has 0 bridgehead atoms. The Bertz CT molecular complexity index is 1050. The Kier molecular flexibility index (Phi) is 3.94. The summed E-state index contributed by atoms with van der Waals surface area (Å²) in [5.74, 6) is -0.236. The SMILES string of the molecule is O=C(NCc1ccccc1)c1cc2c(s1)-c1ccccc1S(=O)(=O)C2. The number of amides is 1. The first kappa shape index (κ1) is 16.1. The highest BCUT2D eigenvalue weighted by Gasteiger charge is 2.30. The van der Waals surface area contributed by atoms with Gasteiger partial charge in [-0.15, -0.1) is 11.3 Å². The van der Waals surface area contributed by atoms with Crippen molar-refractivity contribution in [1.29, 1.82) is 0 Å². The number of benzene rings is 2. The standard InChI is InChI=1S/C19H15NO3S2/c21-19(20-11-13-6-2-1-3-7-13)16-10-14-12-25(22,23)17-9-5-4-8-15(17)18(14)24-16/h1-10H,11-12H2,(H,20,21). The fourth-order valence-electron chi connectivity index (χ4n) is 2.95. The highest BCUT2D eigenvalue weighted by Crippen LogP contribution is 2.42. The number of fused-ring (bicyclic) bond motifs is 3. The summed E-state index contributed by atoms with van der Waals surface area (Å²) >= 11 is 1.35. The molecule has 0 radical (unpaired) electrons. The van der Waals surface area contributed by atoms with E-state index in [-0.39, 0.29) is 11.7 Å². The Morgan fingerprint density at radius 2 is 1.76 bits per heavy atom. The molecule has 0 atom stereocenters. The number of carbonyl (C=O) groups excluding carboxylic acids is 1. The zero-order chi connectivity index (χ0) is 17.4. The minimum Gasteiger partial charge on any atom is -0.347 e. The zero-order valence-corrected chi connectivity index (χ0v) is 14.9. The van der Waals surface area contributed by atoms with Gasteiger partial charge in [0, 0.05) is 17.0 Å². The van der Waals surface area contributed by atoms with Crippen molar-refractivity contribution in [3.63, 3.8) is 0 Å². The van der Waals surface area contributed by atoms with Crippen LogP contribution in [-0.2, 0) is 22.1 Å². The molecule has 0 spiro atoms. The third kappa shape index (κ3) is 2.99. The molecule has 0 saturated heterocycles. The van der Waals surface area contributed by atoms with Gasteiger partial charge >= 0.3 is 0 Å². The van der Waals surface area contributed by atoms with Gasteiger partial charge in [-0.05, 0) is 23.3 Å².